The number of nitrogens with one attached hydrogen (secondary N) is 2. The topological polar surface area (TPSA) is 54.8 Å². The molecule has 2 heterocycles. The number of rotatable bonds is 7. The van der Waals surface area contributed by atoms with Crippen molar-refractivity contribution < 1.29 is 0 Å². The summed E-state index contributed by atoms with van der Waals surface area (Å²) in [7, 11) is 1.98. The van der Waals surface area contributed by atoms with E-state index in [1.807, 2.05) is 23.9 Å². The van der Waals surface area contributed by atoms with E-state index >= 15 is 0 Å². The molecule has 0 aliphatic carbocycles. The van der Waals surface area contributed by atoms with Gasteiger partial charge in [-0.15, -0.1) is 0 Å². The SMILES string of the molecule is CCCCNNC(C)c1cc(-c2ccncc2)nn1C. The molecule has 108 valence electrons. The summed E-state index contributed by atoms with van der Waals surface area (Å²) in [5.41, 5.74) is 9.80. The zero-order chi connectivity index (χ0) is 14.4. The Hall–Kier alpha value is -1.72. The number of pyridine rings is 1. The predicted octanol–water partition coefficient (Wildman–Crippen LogP) is 2.44. The van der Waals surface area contributed by atoms with Crippen LogP contribution in [0.5, 0.6) is 0 Å². The molecule has 0 spiro atoms. The summed E-state index contributed by atoms with van der Waals surface area (Å²) in [5.74, 6) is 0. The van der Waals surface area contributed by atoms with E-state index in [0.29, 0.717) is 0 Å². The highest BCUT2D eigenvalue weighted by Gasteiger charge is 2.12. The zero-order valence-corrected chi connectivity index (χ0v) is 12.4. The fourth-order valence-electron chi connectivity index (χ4n) is 2.12. The van der Waals surface area contributed by atoms with E-state index in [0.717, 1.165) is 23.5 Å². The first kappa shape index (κ1) is 14.7. The Bertz CT molecular complexity index is 520. The van der Waals surface area contributed by atoms with Gasteiger partial charge in [0.1, 0.15) is 0 Å². The first-order chi connectivity index (χ1) is 9.72. The fraction of sp³-hybridized carbons (Fsp3) is 0.467. The fourth-order valence-corrected chi connectivity index (χ4v) is 2.12. The third-order valence-electron chi connectivity index (χ3n) is 3.31. The normalized spacial score (nSPS) is 12.6. The van der Waals surface area contributed by atoms with Crippen LogP contribution in [0.4, 0.5) is 0 Å². The lowest BCUT2D eigenvalue weighted by molar-refractivity contribution is 0.436. The van der Waals surface area contributed by atoms with Crippen LogP contribution in [0.25, 0.3) is 11.3 Å². The van der Waals surface area contributed by atoms with Crippen LogP contribution in [0, 0.1) is 0 Å². The summed E-state index contributed by atoms with van der Waals surface area (Å²) >= 11 is 0. The van der Waals surface area contributed by atoms with Crippen LogP contribution in [0.3, 0.4) is 0 Å². The van der Waals surface area contributed by atoms with Crippen LogP contribution < -0.4 is 10.9 Å². The van der Waals surface area contributed by atoms with E-state index in [2.05, 4.69) is 40.8 Å². The van der Waals surface area contributed by atoms with Crippen molar-refractivity contribution in [2.24, 2.45) is 7.05 Å². The van der Waals surface area contributed by atoms with Crippen LogP contribution in [-0.4, -0.2) is 21.3 Å². The maximum absolute atomic E-state index is 4.57. The van der Waals surface area contributed by atoms with Crippen LogP contribution >= 0.6 is 0 Å². The molecule has 0 saturated carbocycles. The molecule has 2 aromatic rings. The molecule has 0 saturated heterocycles. The second kappa shape index (κ2) is 7.17. The van der Waals surface area contributed by atoms with Gasteiger partial charge in [0.15, 0.2) is 0 Å². The molecule has 0 amide bonds. The standard InChI is InChI=1S/C15H23N5/c1-4-5-8-17-18-12(2)15-11-14(19-20(15)3)13-6-9-16-10-7-13/h6-7,9-12,17-18H,4-5,8H2,1-3H3. The van der Waals surface area contributed by atoms with Crippen LogP contribution in [-0.2, 0) is 7.05 Å². The van der Waals surface area contributed by atoms with E-state index in [1.165, 1.54) is 12.8 Å². The average Bonchev–Trinajstić information content (AvgIpc) is 2.86. The maximum Gasteiger partial charge on any atom is 0.0927 e. The Morgan fingerprint density at radius 3 is 2.75 bits per heavy atom. The van der Waals surface area contributed by atoms with Crippen molar-refractivity contribution >= 4 is 0 Å². The smallest absolute Gasteiger partial charge is 0.0927 e. The minimum atomic E-state index is 0.208. The van der Waals surface area contributed by atoms with Crippen molar-refractivity contribution in [1.29, 1.82) is 0 Å². The Kier molecular flexibility index (Phi) is 5.26. The zero-order valence-electron chi connectivity index (χ0n) is 12.4. The molecular weight excluding hydrogens is 250 g/mol. The molecule has 0 aromatic carbocycles. The molecule has 2 rings (SSSR count). The minimum Gasteiger partial charge on any atom is -0.270 e. The Morgan fingerprint density at radius 1 is 1.30 bits per heavy atom. The summed E-state index contributed by atoms with van der Waals surface area (Å²) < 4.78 is 1.93. The largest absolute Gasteiger partial charge is 0.270 e. The van der Waals surface area contributed by atoms with Crippen molar-refractivity contribution in [2.45, 2.75) is 32.7 Å². The van der Waals surface area contributed by atoms with Gasteiger partial charge in [-0.2, -0.15) is 5.10 Å². The van der Waals surface area contributed by atoms with Gasteiger partial charge in [-0.05, 0) is 31.5 Å². The molecule has 0 aliphatic heterocycles. The van der Waals surface area contributed by atoms with E-state index < -0.39 is 0 Å². The van der Waals surface area contributed by atoms with E-state index in [9.17, 15) is 0 Å². The molecule has 1 unspecified atom stereocenters. The quantitative estimate of drug-likeness (QED) is 0.601. The summed E-state index contributed by atoms with van der Waals surface area (Å²) in [6, 6.07) is 6.28. The number of aromatic nitrogens is 3. The van der Waals surface area contributed by atoms with E-state index in [1.54, 1.807) is 12.4 Å². The number of hydrazine groups is 1. The molecule has 5 nitrogen and oxygen atoms in total. The summed E-state index contributed by atoms with van der Waals surface area (Å²) in [4.78, 5) is 4.04. The molecule has 0 aliphatic rings. The molecular formula is C15H23N5. The Labute approximate surface area is 120 Å². The van der Waals surface area contributed by atoms with Crippen molar-refractivity contribution in [3.8, 4) is 11.3 Å². The van der Waals surface area contributed by atoms with Gasteiger partial charge in [0.2, 0.25) is 0 Å². The third kappa shape index (κ3) is 3.65. The average molecular weight is 273 g/mol. The monoisotopic (exact) mass is 273 g/mol. The van der Waals surface area contributed by atoms with Gasteiger partial charge in [-0.25, -0.2) is 5.43 Å². The molecule has 20 heavy (non-hydrogen) atoms. The third-order valence-corrected chi connectivity index (χ3v) is 3.31. The van der Waals surface area contributed by atoms with Crippen LogP contribution in [0.2, 0.25) is 0 Å². The van der Waals surface area contributed by atoms with Crippen molar-refractivity contribution in [3.05, 3.63) is 36.3 Å². The van der Waals surface area contributed by atoms with E-state index in [-0.39, 0.29) is 6.04 Å². The molecule has 1 atom stereocenters. The number of unbranched alkanes of at least 4 members (excludes halogenated alkanes) is 1. The van der Waals surface area contributed by atoms with Crippen LogP contribution in [0.1, 0.15) is 38.4 Å². The van der Waals surface area contributed by atoms with Gasteiger partial charge in [0, 0.05) is 31.5 Å². The van der Waals surface area contributed by atoms with E-state index in [4.69, 9.17) is 0 Å². The van der Waals surface area contributed by atoms with Gasteiger partial charge >= 0.3 is 0 Å². The molecule has 2 aromatic heterocycles. The molecule has 0 fully saturated rings. The second-order valence-electron chi connectivity index (χ2n) is 4.96. The summed E-state index contributed by atoms with van der Waals surface area (Å²) in [6.07, 6.45) is 5.95. The molecule has 0 bridgehead atoms. The highest BCUT2D eigenvalue weighted by molar-refractivity contribution is 5.58. The number of aryl methyl sites for hydroxylation is 1. The van der Waals surface area contributed by atoms with Gasteiger partial charge in [0.25, 0.3) is 0 Å². The first-order valence-electron chi connectivity index (χ1n) is 7.15. The molecule has 0 radical (unpaired) electrons. The van der Waals surface area contributed by atoms with Crippen molar-refractivity contribution in [1.82, 2.24) is 25.6 Å². The lowest BCUT2D eigenvalue weighted by Crippen LogP contribution is -2.35. The van der Waals surface area contributed by atoms with Gasteiger partial charge in [-0.1, -0.05) is 13.3 Å². The van der Waals surface area contributed by atoms with Gasteiger partial charge in [0.05, 0.1) is 17.4 Å². The highest BCUT2D eigenvalue weighted by Crippen LogP contribution is 2.21. The van der Waals surface area contributed by atoms with Crippen LogP contribution in [0.15, 0.2) is 30.6 Å². The lowest BCUT2D eigenvalue weighted by Gasteiger charge is -2.14. The Morgan fingerprint density at radius 2 is 2.05 bits per heavy atom. The van der Waals surface area contributed by atoms with Gasteiger partial charge in [-0.3, -0.25) is 15.1 Å². The Balaban J connectivity index is 2.04. The molecule has 2 N–H and O–H groups in total. The number of hydrogen-bond acceptors (Lipinski definition) is 4. The maximum atomic E-state index is 4.57. The first-order valence-corrected chi connectivity index (χ1v) is 7.15. The summed E-state index contributed by atoms with van der Waals surface area (Å²) in [6.45, 7) is 5.30. The summed E-state index contributed by atoms with van der Waals surface area (Å²) in [5, 5.41) is 4.57. The number of nitrogens with zero attached hydrogens (tertiary/aromatic N) is 3. The highest BCUT2D eigenvalue weighted by atomic mass is 15.4. The van der Waals surface area contributed by atoms with Gasteiger partial charge < -0.3 is 0 Å². The molecule has 5 heteroatoms. The second-order valence-corrected chi connectivity index (χ2v) is 4.96. The van der Waals surface area contributed by atoms with Crippen molar-refractivity contribution in [2.75, 3.05) is 6.54 Å². The number of hydrogen-bond donors (Lipinski definition) is 2. The minimum absolute atomic E-state index is 0.208. The predicted molar refractivity (Wildman–Crippen MR) is 80.9 cm³/mol. The lowest BCUT2D eigenvalue weighted by atomic mass is 10.1. The van der Waals surface area contributed by atoms with Crippen molar-refractivity contribution in [3.63, 3.8) is 0 Å².